The number of hydrogen-bond donors (Lipinski definition) is 1. The van der Waals surface area contributed by atoms with Crippen LogP contribution in [0, 0.1) is 0 Å². The Balaban J connectivity index is 1.49. The quantitative estimate of drug-likeness (QED) is 0.511. The largest absolute Gasteiger partial charge is 0.483 e. The van der Waals surface area contributed by atoms with Crippen LogP contribution >= 0.6 is 0 Å². The Kier molecular flexibility index (Phi) is 7.45. The third-order valence-corrected chi connectivity index (χ3v) is 4.93. The molecule has 0 bridgehead atoms. The average Bonchev–Trinajstić information content (AvgIpc) is 2.74. The minimum atomic E-state index is -0.308. The molecular weight excluding hydrogens is 366 g/mol. The van der Waals surface area contributed by atoms with Gasteiger partial charge in [0.25, 0.3) is 5.91 Å². The standard InChI is InChI=1S/C24H27NO4/c1-2-8-18-9-6-7-12-22(18)28-17-23(26)25-20-15-13-19(14-16-20)24(27)29-21-10-4-3-5-11-21/h2,6-7,9,12-16,21H,1,3-5,8,10-11,17H2,(H,25,26). The summed E-state index contributed by atoms with van der Waals surface area (Å²) in [6.07, 6.45) is 7.82. The van der Waals surface area contributed by atoms with Gasteiger partial charge in [-0.05, 0) is 68.0 Å². The van der Waals surface area contributed by atoms with Crippen LogP contribution in [-0.4, -0.2) is 24.6 Å². The van der Waals surface area contributed by atoms with Crippen LogP contribution in [0.25, 0.3) is 0 Å². The zero-order valence-corrected chi connectivity index (χ0v) is 16.6. The van der Waals surface area contributed by atoms with Gasteiger partial charge in [-0.2, -0.15) is 0 Å². The van der Waals surface area contributed by atoms with Crippen LogP contribution in [0.5, 0.6) is 5.75 Å². The van der Waals surface area contributed by atoms with E-state index in [-0.39, 0.29) is 24.6 Å². The molecule has 0 spiro atoms. The van der Waals surface area contributed by atoms with Crippen LogP contribution in [0.4, 0.5) is 5.69 Å². The molecule has 3 rings (SSSR count). The SMILES string of the molecule is C=CCc1ccccc1OCC(=O)Nc1ccc(C(=O)OC2CCCCC2)cc1. The monoisotopic (exact) mass is 393 g/mol. The molecule has 0 aliphatic heterocycles. The zero-order chi connectivity index (χ0) is 20.5. The van der Waals surface area contributed by atoms with Crippen molar-refractivity contribution < 1.29 is 19.1 Å². The third-order valence-electron chi connectivity index (χ3n) is 4.93. The van der Waals surface area contributed by atoms with Crippen molar-refractivity contribution in [3.05, 3.63) is 72.3 Å². The molecule has 0 aromatic heterocycles. The summed E-state index contributed by atoms with van der Waals surface area (Å²) < 4.78 is 11.2. The maximum absolute atomic E-state index is 12.3. The lowest BCUT2D eigenvalue weighted by Gasteiger charge is -2.21. The Morgan fingerprint density at radius 1 is 1.03 bits per heavy atom. The van der Waals surface area contributed by atoms with Crippen molar-refractivity contribution in [3.63, 3.8) is 0 Å². The van der Waals surface area contributed by atoms with E-state index < -0.39 is 0 Å². The van der Waals surface area contributed by atoms with Crippen LogP contribution in [0.2, 0.25) is 0 Å². The summed E-state index contributed by atoms with van der Waals surface area (Å²) in [6, 6.07) is 14.3. The van der Waals surface area contributed by atoms with Crippen LogP contribution in [0.1, 0.15) is 48.0 Å². The minimum Gasteiger partial charge on any atom is -0.483 e. The van der Waals surface area contributed by atoms with E-state index in [1.54, 1.807) is 30.3 Å². The molecule has 0 atom stereocenters. The van der Waals surface area contributed by atoms with Gasteiger partial charge in [-0.25, -0.2) is 4.79 Å². The summed E-state index contributed by atoms with van der Waals surface area (Å²) in [6.45, 7) is 3.63. The van der Waals surface area contributed by atoms with Crippen molar-refractivity contribution >= 4 is 17.6 Å². The average molecular weight is 393 g/mol. The third kappa shape index (κ3) is 6.21. The molecule has 1 amide bonds. The number of esters is 1. The second-order valence-corrected chi connectivity index (χ2v) is 7.18. The molecule has 0 saturated heterocycles. The van der Waals surface area contributed by atoms with Gasteiger partial charge in [-0.15, -0.1) is 6.58 Å². The van der Waals surface area contributed by atoms with Gasteiger partial charge in [0, 0.05) is 5.69 Å². The number of benzene rings is 2. The summed E-state index contributed by atoms with van der Waals surface area (Å²) in [7, 11) is 0. The molecule has 0 unspecified atom stereocenters. The number of para-hydroxylation sites is 1. The highest BCUT2D eigenvalue weighted by atomic mass is 16.5. The molecule has 5 heteroatoms. The first-order chi connectivity index (χ1) is 14.2. The molecular formula is C24H27NO4. The van der Waals surface area contributed by atoms with Crippen LogP contribution in [0.15, 0.2) is 61.2 Å². The number of carbonyl (C=O) groups excluding carboxylic acids is 2. The highest BCUT2D eigenvalue weighted by Gasteiger charge is 2.18. The van der Waals surface area contributed by atoms with E-state index >= 15 is 0 Å². The van der Waals surface area contributed by atoms with Crippen LogP contribution in [-0.2, 0) is 16.0 Å². The predicted molar refractivity (Wildman–Crippen MR) is 113 cm³/mol. The van der Waals surface area contributed by atoms with E-state index in [0.29, 0.717) is 23.4 Å². The minimum absolute atomic E-state index is 0.0248. The van der Waals surface area contributed by atoms with E-state index in [0.717, 1.165) is 31.2 Å². The lowest BCUT2D eigenvalue weighted by Crippen LogP contribution is -2.21. The van der Waals surface area contributed by atoms with E-state index in [4.69, 9.17) is 9.47 Å². The first kappa shape index (κ1) is 20.6. The number of nitrogens with one attached hydrogen (secondary N) is 1. The van der Waals surface area contributed by atoms with Crippen LogP contribution < -0.4 is 10.1 Å². The molecule has 1 fully saturated rings. The van der Waals surface area contributed by atoms with Crippen molar-refractivity contribution in [1.82, 2.24) is 0 Å². The van der Waals surface area contributed by atoms with Gasteiger partial charge in [-0.1, -0.05) is 30.7 Å². The summed E-state index contributed by atoms with van der Waals surface area (Å²) in [5.74, 6) is 0.0937. The van der Waals surface area contributed by atoms with Gasteiger partial charge in [-0.3, -0.25) is 4.79 Å². The Morgan fingerprint density at radius 2 is 1.76 bits per heavy atom. The van der Waals surface area contributed by atoms with Gasteiger partial charge in [0.2, 0.25) is 0 Å². The predicted octanol–water partition coefficient (Wildman–Crippen LogP) is 4.92. The lowest BCUT2D eigenvalue weighted by atomic mass is 9.98. The number of rotatable bonds is 8. The van der Waals surface area contributed by atoms with Crippen molar-refractivity contribution in [2.24, 2.45) is 0 Å². The maximum Gasteiger partial charge on any atom is 0.338 e. The number of ether oxygens (including phenoxy) is 2. The molecule has 29 heavy (non-hydrogen) atoms. The molecule has 1 aliphatic rings. The van der Waals surface area contributed by atoms with E-state index in [9.17, 15) is 9.59 Å². The molecule has 0 radical (unpaired) electrons. The van der Waals surface area contributed by atoms with Crippen molar-refractivity contribution in [3.8, 4) is 5.75 Å². The first-order valence-corrected chi connectivity index (χ1v) is 10.1. The number of hydrogen-bond acceptors (Lipinski definition) is 4. The van der Waals surface area contributed by atoms with Gasteiger partial charge < -0.3 is 14.8 Å². The van der Waals surface area contributed by atoms with Crippen molar-refractivity contribution in [2.75, 3.05) is 11.9 Å². The number of anilines is 1. The zero-order valence-electron chi connectivity index (χ0n) is 16.6. The molecule has 2 aromatic carbocycles. The molecule has 2 aromatic rings. The highest BCUT2D eigenvalue weighted by molar-refractivity contribution is 5.93. The molecule has 1 saturated carbocycles. The molecule has 0 heterocycles. The molecule has 152 valence electrons. The Hall–Kier alpha value is -3.08. The Bertz CT molecular complexity index is 838. The van der Waals surface area contributed by atoms with E-state index in [2.05, 4.69) is 11.9 Å². The fourth-order valence-electron chi connectivity index (χ4n) is 3.40. The smallest absolute Gasteiger partial charge is 0.338 e. The Morgan fingerprint density at radius 3 is 2.48 bits per heavy atom. The Labute approximate surface area is 171 Å². The van der Waals surface area contributed by atoms with Crippen molar-refractivity contribution in [2.45, 2.75) is 44.6 Å². The van der Waals surface area contributed by atoms with E-state index in [1.807, 2.05) is 24.3 Å². The second kappa shape index (κ2) is 10.5. The topological polar surface area (TPSA) is 64.6 Å². The van der Waals surface area contributed by atoms with Gasteiger partial charge in [0.05, 0.1) is 5.56 Å². The fourth-order valence-corrected chi connectivity index (χ4v) is 3.40. The van der Waals surface area contributed by atoms with Gasteiger partial charge in [0.15, 0.2) is 6.61 Å². The summed E-state index contributed by atoms with van der Waals surface area (Å²) in [5, 5.41) is 2.77. The van der Waals surface area contributed by atoms with Crippen LogP contribution in [0.3, 0.4) is 0 Å². The molecule has 1 N–H and O–H groups in total. The maximum atomic E-state index is 12.3. The lowest BCUT2D eigenvalue weighted by molar-refractivity contribution is -0.118. The first-order valence-electron chi connectivity index (χ1n) is 10.1. The summed E-state index contributed by atoms with van der Waals surface area (Å²) in [5.41, 5.74) is 2.08. The number of allylic oxidation sites excluding steroid dienone is 1. The fraction of sp³-hybridized carbons (Fsp3) is 0.333. The summed E-state index contributed by atoms with van der Waals surface area (Å²) >= 11 is 0. The normalized spacial score (nSPS) is 14.1. The van der Waals surface area contributed by atoms with Crippen molar-refractivity contribution in [1.29, 1.82) is 0 Å². The molecule has 5 nitrogen and oxygen atoms in total. The summed E-state index contributed by atoms with van der Waals surface area (Å²) in [4.78, 5) is 24.4. The highest BCUT2D eigenvalue weighted by Crippen LogP contribution is 2.22. The number of carbonyl (C=O) groups is 2. The van der Waals surface area contributed by atoms with Gasteiger partial charge >= 0.3 is 5.97 Å². The van der Waals surface area contributed by atoms with Gasteiger partial charge in [0.1, 0.15) is 11.9 Å². The number of amides is 1. The molecule has 1 aliphatic carbocycles. The second-order valence-electron chi connectivity index (χ2n) is 7.18. The van der Waals surface area contributed by atoms with E-state index in [1.165, 1.54) is 6.42 Å².